The van der Waals surface area contributed by atoms with Gasteiger partial charge in [-0.05, 0) is 24.8 Å². The Hall–Kier alpha value is -1.45. The number of aromatic nitrogens is 2. The van der Waals surface area contributed by atoms with E-state index in [4.69, 9.17) is 14.2 Å². The molecule has 3 rings (SSSR count). The lowest BCUT2D eigenvalue weighted by Crippen LogP contribution is -2.53. The van der Waals surface area contributed by atoms with Crippen LogP contribution in [-0.2, 0) is 16.2 Å². The van der Waals surface area contributed by atoms with E-state index >= 15 is 0 Å². The topological polar surface area (TPSA) is 88.7 Å². The fourth-order valence-corrected chi connectivity index (χ4v) is 4.09. The molecule has 140 valence electrons. The van der Waals surface area contributed by atoms with E-state index in [0.29, 0.717) is 24.5 Å². The van der Waals surface area contributed by atoms with Crippen LogP contribution in [0.4, 0.5) is 5.69 Å². The number of ether oxygens (including phenoxy) is 3. The third kappa shape index (κ3) is 4.59. The van der Waals surface area contributed by atoms with Crippen LogP contribution in [0.2, 0.25) is 25.7 Å². The normalized spacial score (nSPS) is 19.5. The van der Waals surface area contributed by atoms with Gasteiger partial charge in [0.1, 0.15) is 12.9 Å². The molecule has 0 atom stereocenters. The summed E-state index contributed by atoms with van der Waals surface area (Å²) in [4.78, 5) is 10.7. The molecule has 2 fully saturated rings. The molecule has 1 aliphatic carbocycles. The number of nitrogens with zero attached hydrogens (tertiary/aromatic N) is 3. The SMILES string of the molecule is C[Si](C)(C)CCOCn1cc([N+](=O)[O-])c(OCC2CC3(COC3)C2)n1. The first-order valence-electron chi connectivity index (χ1n) is 8.77. The van der Waals surface area contributed by atoms with E-state index in [-0.39, 0.29) is 18.3 Å². The molecule has 1 aromatic heterocycles. The van der Waals surface area contributed by atoms with Crippen LogP contribution in [0.15, 0.2) is 6.20 Å². The molecule has 0 N–H and O–H groups in total. The summed E-state index contributed by atoms with van der Waals surface area (Å²) in [6.45, 7) is 9.84. The van der Waals surface area contributed by atoms with Crippen molar-refractivity contribution < 1.29 is 19.1 Å². The minimum Gasteiger partial charge on any atom is -0.471 e. The van der Waals surface area contributed by atoms with Gasteiger partial charge in [0.15, 0.2) is 0 Å². The maximum atomic E-state index is 11.2. The van der Waals surface area contributed by atoms with Gasteiger partial charge in [-0.25, -0.2) is 4.68 Å². The van der Waals surface area contributed by atoms with Gasteiger partial charge in [0.2, 0.25) is 0 Å². The van der Waals surface area contributed by atoms with Crippen LogP contribution in [0.3, 0.4) is 0 Å². The van der Waals surface area contributed by atoms with Crippen LogP contribution in [0.1, 0.15) is 12.8 Å². The fourth-order valence-electron chi connectivity index (χ4n) is 3.33. The molecule has 0 radical (unpaired) electrons. The van der Waals surface area contributed by atoms with E-state index in [0.717, 1.165) is 32.1 Å². The molecule has 1 aromatic rings. The lowest BCUT2D eigenvalue weighted by Gasteiger charge is -2.53. The van der Waals surface area contributed by atoms with Gasteiger partial charge >= 0.3 is 11.6 Å². The molecule has 1 saturated carbocycles. The molecule has 1 saturated heterocycles. The van der Waals surface area contributed by atoms with Crippen LogP contribution < -0.4 is 4.74 Å². The van der Waals surface area contributed by atoms with Crippen molar-refractivity contribution in [1.29, 1.82) is 0 Å². The van der Waals surface area contributed by atoms with Crippen molar-refractivity contribution >= 4 is 13.8 Å². The van der Waals surface area contributed by atoms with E-state index in [1.807, 2.05) is 0 Å². The van der Waals surface area contributed by atoms with Crippen molar-refractivity contribution in [1.82, 2.24) is 9.78 Å². The number of hydrogen-bond acceptors (Lipinski definition) is 6. The van der Waals surface area contributed by atoms with Gasteiger partial charge in [0.25, 0.3) is 0 Å². The monoisotopic (exact) mass is 369 g/mol. The second-order valence-electron chi connectivity index (χ2n) is 8.54. The molecule has 2 aliphatic rings. The highest BCUT2D eigenvalue weighted by atomic mass is 28.3. The summed E-state index contributed by atoms with van der Waals surface area (Å²) >= 11 is 0. The van der Waals surface area contributed by atoms with Crippen molar-refractivity contribution in [3.05, 3.63) is 16.3 Å². The standard InChI is InChI=1S/C16H27N3O5Si/c1-25(2,3)5-4-22-12-18-8-14(19(20)21)15(17-18)24-9-13-6-16(7-13)10-23-11-16/h8,13H,4-7,9-12H2,1-3H3. The zero-order valence-electron chi connectivity index (χ0n) is 15.2. The van der Waals surface area contributed by atoms with Gasteiger partial charge in [-0.2, -0.15) is 0 Å². The molecule has 2 heterocycles. The Morgan fingerprint density at radius 2 is 2.16 bits per heavy atom. The Labute approximate surface area is 148 Å². The first-order chi connectivity index (χ1) is 11.8. The number of rotatable bonds is 9. The predicted molar refractivity (Wildman–Crippen MR) is 94.5 cm³/mol. The van der Waals surface area contributed by atoms with E-state index < -0.39 is 13.0 Å². The summed E-state index contributed by atoms with van der Waals surface area (Å²) in [5.41, 5.74) is 0.263. The van der Waals surface area contributed by atoms with Crippen molar-refractivity contribution in [3.8, 4) is 5.88 Å². The largest absolute Gasteiger partial charge is 0.471 e. The van der Waals surface area contributed by atoms with Gasteiger partial charge in [0.05, 0.1) is 24.7 Å². The third-order valence-electron chi connectivity index (χ3n) is 4.84. The highest BCUT2D eigenvalue weighted by Crippen LogP contribution is 2.50. The average Bonchev–Trinajstić information content (AvgIpc) is 2.83. The molecule has 1 aliphatic heterocycles. The van der Waals surface area contributed by atoms with Crippen LogP contribution in [-0.4, -0.2) is 49.2 Å². The summed E-state index contributed by atoms with van der Waals surface area (Å²) in [5, 5.41) is 15.4. The Bertz CT molecular complexity index is 616. The molecular formula is C16H27N3O5Si. The van der Waals surface area contributed by atoms with Crippen molar-refractivity contribution in [2.75, 3.05) is 26.4 Å². The summed E-state index contributed by atoms with van der Waals surface area (Å²) in [6, 6.07) is 1.05. The van der Waals surface area contributed by atoms with Gasteiger partial charge in [-0.1, -0.05) is 19.6 Å². The number of hydrogen-bond donors (Lipinski definition) is 0. The summed E-state index contributed by atoms with van der Waals surface area (Å²) in [6.07, 6.45) is 3.52. The van der Waals surface area contributed by atoms with Crippen LogP contribution in [0.5, 0.6) is 5.88 Å². The molecule has 25 heavy (non-hydrogen) atoms. The van der Waals surface area contributed by atoms with Gasteiger partial charge in [-0.3, -0.25) is 10.1 Å². The Morgan fingerprint density at radius 3 is 2.72 bits per heavy atom. The Balaban J connectivity index is 1.48. The molecular weight excluding hydrogens is 342 g/mol. The summed E-state index contributed by atoms with van der Waals surface area (Å²) in [7, 11) is -1.15. The predicted octanol–water partition coefficient (Wildman–Crippen LogP) is 2.91. The fraction of sp³-hybridized carbons (Fsp3) is 0.812. The van der Waals surface area contributed by atoms with Gasteiger partial charge in [-0.15, -0.1) is 5.10 Å². The third-order valence-corrected chi connectivity index (χ3v) is 6.55. The lowest BCUT2D eigenvalue weighted by atomic mass is 9.61. The molecule has 0 amide bonds. The second kappa shape index (κ2) is 7.04. The Morgan fingerprint density at radius 1 is 1.44 bits per heavy atom. The molecule has 0 unspecified atom stereocenters. The lowest BCUT2D eigenvalue weighted by molar-refractivity contribution is -0.386. The minimum atomic E-state index is -1.15. The van der Waals surface area contributed by atoms with Gasteiger partial charge in [0, 0.05) is 20.1 Å². The smallest absolute Gasteiger partial charge is 0.350 e. The molecule has 8 nitrogen and oxygen atoms in total. The van der Waals surface area contributed by atoms with E-state index in [9.17, 15) is 10.1 Å². The first-order valence-corrected chi connectivity index (χ1v) is 12.5. The molecule has 1 spiro atoms. The minimum absolute atomic E-state index is 0.0876. The average molecular weight is 369 g/mol. The van der Waals surface area contributed by atoms with Crippen LogP contribution in [0.25, 0.3) is 0 Å². The number of nitro groups is 1. The molecule has 0 aromatic carbocycles. The zero-order valence-corrected chi connectivity index (χ0v) is 16.2. The van der Waals surface area contributed by atoms with E-state index in [1.165, 1.54) is 10.9 Å². The van der Waals surface area contributed by atoms with Crippen molar-refractivity contribution in [2.24, 2.45) is 11.3 Å². The van der Waals surface area contributed by atoms with Crippen molar-refractivity contribution in [3.63, 3.8) is 0 Å². The highest BCUT2D eigenvalue weighted by molar-refractivity contribution is 6.76. The molecule has 0 bridgehead atoms. The van der Waals surface area contributed by atoms with E-state index in [2.05, 4.69) is 24.7 Å². The Kier molecular flexibility index (Phi) is 5.17. The first kappa shape index (κ1) is 18.3. The quantitative estimate of drug-likeness (QED) is 0.288. The maximum Gasteiger partial charge on any atom is 0.350 e. The maximum absolute atomic E-state index is 11.2. The summed E-state index contributed by atoms with van der Waals surface area (Å²) < 4.78 is 17.9. The van der Waals surface area contributed by atoms with Crippen LogP contribution in [0, 0.1) is 21.4 Å². The highest BCUT2D eigenvalue weighted by Gasteiger charge is 2.49. The van der Waals surface area contributed by atoms with Crippen LogP contribution >= 0.6 is 0 Å². The second-order valence-corrected chi connectivity index (χ2v) is 14.2. The van der Waals surface area contributed by atoms with Gasteiger partial charge < -0.3 is 14.2 Å². The zero-order chi connectivity index (χ0) is 18.1. The summed E-state index contributed by atoms with van der Waals surface area (Å²) in [5.74, 6) is 0.520. The molecule has 9 heteroatoms. The van der Waals surface area contributed by atoms with Crippen molar-refractivity contribution in [2.45, 2.75) is 45.3 Å². The van der Waals surface area contributed by atoms with E-state index in [1.54, 1.807) is 0 Å².